The summed E-state index contributed by atoms with van der Waals surface area (Å²) in [4.78, 5) is 14.0. The molecule has 0 aromatic carbocycles. The predicted molar refractivity (Wildman–Crippen MR) is 39.5 cm³/mol. The maximum Gasteiger partial charge on any atom is 0.332 e. The van der Waals surface area contributed by atoms with E-state index in [-0.39, 0.29) is 6.42 Å². The van der Waals surface area contributed by atoms with Gasteiger partial charge in [0.25, 0.3) is 0 Å². The number of hydrogen-bond donors (Lipinski definition) is 2. The molecule has 0 aliphatic heterocycles. The van der Waals surface area contributed by atoms with E-state index in [0.717, 1.165) is 0 Å². The van der Waals surface area contributed by atoms with E-state index in [2.05, 4.69) is 4.98 Å². The van der Waals surface area contributed by atoms with E-state index in [1.165, 1.54) is 11.3 Å². The molecule has 0 spiro atoms. The van der Waals surface area contributed by atoms with Crippen molar-refractivity contribution in [3.05, 3.63) is 16.6 Å². The molecule has 4 nitrogen and oxygen atoms in total. The molecule has 1 atom stereocenters. The first-order chi connectivity index (χ1) is 5.20. The van der Waals surface area contributed by atoms with Crippen LogP contribution < -0.4 is 0 Å². The summed E-state index contributed by atoms with van der Waals surface area (Å²) in [7, 11) is 0. The molecule has 0 fully saturated rings. The molecule has 2 N–H and O–H groups in total. The highest BCUT2D eigenvalue weighted by Gasteiger charge is 2.14. The third kappa shape index (κ3) is 2.28. The minimum Gasteiger partial charge on any atom is -0.479 e. The van der Waals surface area contributed by atoms with Crippen LogP contribution in [0.2, 0.25) is 0 Å². The van der Waals surface area contributed by atoms with Crippen molar-refractivity contribution in [3.63, 3.8) is 0 Å². The summed E-state index contributed by atoms with van der Waals surface area (Å²) < 4.78 is 0. The second kappa shape index (κ2) is 3.45. The smallest absolute Gasteiger partial charge is 0.332 e. The van der Waals surface area contributed by atoms with Gasteiger partial charge in [0.15, 0.2) is 6.10 Å². The maximum atomic E-state index is 10.2. The topological polar surface area (TPSA) is 70.4 Å². The summed E-state index contributed by atoms with van der Waals surface area (Å²) in [5.74, 6) is -1.21. The Balaban J connectivity index is 2.50. The number of thiazole rings is 1. The van der Waals surface area contributed by atoms with Gasteiger partial charge >= 0.3 is 5.97 Å². The molecule has 11 heavy (non-hydrogen) atoms. The van der Waals surface area contributed by atoms with Crippen molar-refractivity contribution in [2.45, 2.75) is 12.5 Å². The molecule has 0 amide bonds. The zero-order chi connectivity index (χ0) is 8.27. The fraction of sp³-hybridized carbons (Fsp3) is 0.333. The van der Waals surface area contributed by atoms with Crippen molar-refractivity contribution in [1.82, 2.24) is 4.98 Å². The minimum atomic E-state index is -1.33. The van der Waals surface area contributed by atoms with E-state index in [1.807, 2.05) is 0 Å². The number of carbonyl (C=O) groups is 1. The number of rotatable bonds is 3. The lowest BCUT2D eigenvalue weighted by molar-refractivity contribution is -0.146. The van der Waals surface area contributed by atoms with Crippen molar-refractivity contribution < 1.29 is 15.0 Å². The van der Waals surface area contributed by atoms with Gasteiger partial charge < -0.3 is 10.2 Å². The molecule has 0 aliphatic carbocycles. The monoisotopic (exact) mass is 173 g/mol. The van der Waals surface area contributed by atoms with Crippen LogP contribution in [0, 0.1) is 0 Å². The number of hydrogen-bond acceptors (Lipinski definition) is 4. The third-order valence-corrected chi connectivity index (χ3v) is 1.94. The van der Waals surface area contributed by atoms with Gasteiger partial charge in [-0.1, -0.05) is 0 Å². The Morgan fingerprint density at radius 1 is 1.82 bits per heavy atom. The number of carboxylic acids is 1. The lowest BCUT2D eigenvalue weighted by Gasteiger charge is -2.00. The van der Waals surface area contributed by atoms with Crippen LogP contribution in [-0.4, -0.2) is 27.3 Å². The van der Waals surface area contributed by atoms with Gasteiger partial charge in [-0.05, 0) is 0 Å². The second-order valence-electron chi connectivity index (χ2n) is 1.98. The Morgan fingerprint density at radius 2 is 2.55 bits per heavy atom. The molecule has 0 aliphatic rings. The first-order valence-electron chi connectivity index (χ1n) is 2.99. The molecule has 5 heteroatoms. The summed E-state index contributed by atoms with van der Waals surface area (Å²) in [5.41, 5.74) is 0. The van der Waals surface area contributed by atoms with Crippen LogP contribution in [0.25, 0.3) is 0 Å². The number of aliphatic hydroxyl groups is 1. The zero-order valence-corrected chi connectivity index (χ0v) is 6.41. The Labute approximate surface area is 67.1 Å². The van der Waals surface area contributed by atoms with Gasteiger partial charge in [0.2, 0.25) is 0 Å². The molecule has 0 saturated heterocycles. The van der Waals surface area contributed by atoms with Crippen LogP contribution in [0.3, 0.4) is 0 Å². The van der Waals surface area contributed by atoms with Crippen LogP contribution in [0.15, 0.2) is 11.6 Å². The lowest BCUT2D eigenvalue weighted by Crippen LogP contribution is -2.21. The molecule has 1 rings (SSSR count). The fourth-order valence-corrected chi connectivity index (χ4v) is 1.26. The molecular weight excluding hydrogens is 166 g/mol. The normalized spacial score (nSPS) is 12.8. The van der Waals surface area contributed by atoms with Gasteiger partial charge in [0.1, 0.15) is 0 Å². The summed E-state index contributed by atoms with van der Waals surface area (Å²) >= 11 is 1.33. The van der Waals surface area contributed by atoms with E-state index in [1.54, 1.807) is 11.6 Å². The Morgan fingerprint density at radius 3 is 3.00 bits per heavy atom. The molecular formula is C6H7NO3S. The third-order valence-electron chi connectivity index (χ3n) is 1.14. The first kappa shape index (κ1) is 8.16. The molecule has 0 saturated carbocycles. The number of aliphatic carboxylic acids is 1. The van der Waals surface area contributed by atoms with Crippen LogP contribution in [0.5, 0.6) is 0 Å². The molecule has 0 unspecified atom stereocenters. The summed E-state index contributed by atoms with van der Waals surface area (Å²) in [6, 6.07) is 0. The molecule has 60 valence electrons. The SMILES string of the molecule is O=C(O)[C@H](O)Cc1nccs1. The van der Waals surface area contributed by atoms with Crippen molar-refractivity contribution in [2.24, 2.45) is 0 Å². The van der Waals surface area contributed by atoms with Crippen LogP contribution in [0.4, 0.5) is 0 Å². The molecule has 1 aromatic heterocycles. The second-order valence-corrected chi connectivity index (χ2v) is 2.96. The van der Waals surface area contributed by atoms with Gasteiger partial charge in [0.05, 0.1) is 5.01 Å². The predicted octanol–water partition coefficient (Wildman–Crippen LogP) is 0.131. The number of aromatic nitrogens is 1. The van der Waals surface area contributed by atoms with E-state index in [0.29, 0.717) is 5.01 Å². The Bertz CT molecular complexity index is 234. The summed E-state index contributed by atoms with van der Waals surface area (Å²) in [5, 5.41) is 19.6. The van der Waals surface area contributed by atoms with Gasteiger partial charge in [-0.2, -0.15) is 0 Å². The summed E-state index contributed by atoms with van der Waals surface area (Å²) in [6.07, 6.45) is 0.336. The highest BCUT2D eigenvalue weighted by Crippen LogP contribution is 2.06. The van der Waals surface area contributed by atoms with E-state index in [4.69, 9.17) is 10.2 Å². The highest BCUT2D eigenvalue weighted by atomic mass is 32.1. The standard InChI is InChI=1S/C6H7NO3S/c8-4(6(9)10)3-5-7-1-2-11-5/h1-2,4,8H,3H2,(H,9,10)/t4-/m1/s1. The van der Waals surface area contributed by atoms with Crippen molar-refractivity contribution in [3.8, 4) is 0 Å². The first-order valence-corrected chi connectivity index (χ1v) is 3.87. The molecule has 0 radical (unpaired) electrons. The Kier molecular flexibility index (Phi) is 2.56. The summed E-state index contributed by atoms with van der Waals surface area (Å²) in [6.45, 7) is 0. The maximum absolute atomic E-state index is 10.2. The van der Waals surface area contributed by atoms with Gasteiger partial charge in [-0.15, -0.1) is 11.3 Å². The van der Waals surface area contributed by atoms with E-state index >= 15 is 0 Å². The van der Waals surface area contributed by atoms with Gasteiger partial charge in [-0.3, -0.25) is 0 Å². The van der Waals surface area contributed by atoms with Crippen molar-refractivity contribution in [2.75, 3.05) is 0 Å². The number of carboxylic acid groups (broad SMARTS) is 1. The highest BCUT2D eigenvalue weighted by molar-refractivity contribution is 7.09. The largest absolute Gasteiger partial charge is 0.479 e. The molecule has 1 heterocycles. The fourth-order valence-electron chi connectivity index (χ4n) is 0.606. The van der Waals surface area contributed by atoms with E-state index < -0.39 is 12.1 Å². The zero-order valence-electron chi connectivity index (χ0n) is 5.60. The minimum absolute atomic E-state index is 0.0903. The van der Waals surface area contributed by atoms with E-state index in [9.17, 15) is 4.79 Å². The van der Waals surface area contributed by atoms with Crippen LogP contribution >= 0.6 is 11.3 Å². The molecule has 1 aromatic rings. The number of aliphatic hydroxyl groups excluding tert-OH is 1. The Hall–Kier alpha value is -0.940. The lowest BCUT2D eigenvalue weighted by atomic mass is 10.3. The average molecular weight is 173 g/mol. The van der Waals surface area contributed by atoms with Crippen LogP contribution in [-0.2, 0) is 11.2 Å². The van der Waals surface area contributed by atoms with Crippen LogP contribution in [0.1, 0.15) is 5.01 Å². The number of nitrogens with zero attached hydrogens (tertiary/aromatic N) is 1. The van der Waals surface area contributed by atoms with Crippen molar-refractivity contribution >= 4 is 17.3 Å². The van der Waals surface area contributed by atoms with Gasteiger partial charge in [-0.25, -0.2) is 9.78 Å². The molecule has 0 bridgehead atoms. The van der Waals surface area contributed by atoms with Gasteiger partial charge in [0, 0.05) is 18.0 Å². The quantitative estimate of drug-likeness (QED) is 0.681. The van der Waals surface area contributed by atoms with Crippen molar-refractivity contribution in [1.29, 1.82) is 0 Å². The average Bonchev–Trinajstić information content (AvgIpc) is 2.39.